The van der Waals surface area contributed by atoms with Gasteiger partial charge in [-0.25, -0.2) is 0 Å². The molecule has 0 saturated carbocycles. The molecule has 1 spiro atoms. The fourth-order valence-electron chi connectivity index (χ4n) is 8.74. The third-order valence-corrected chi connectivity index (χ3v) is 11.0. The Morgan fingerprint density at radius 2 is 1.64 bits per heavy atom. The summed E-state index contributed by atoms with van der Waals surface area (Å²) in [5.74, 6) is -3.73. The number of rotatable bonds is 15. The summed E-state index contributed by atoms with van der Waals surface area (Å²) in [5, 5.41) is 13.9. The number of fused-ring (bicyclic) bond motifs is 1. The largest absolute Gasteiger partial charge is 0.455 e. The van der Waals surface area contributed by atoms with Gasteiger partial charge in [0.2, 0.25) is 11.8 Å². The van der Waals surface area contributed by atoms with E-state index in [2.05, 4.69) is 18.5 Å². The fraction of sp³-hybridized carbons (Fsp3) is 0.395. The van der Waals surface area contributed by atoms with Crippen LogP contribution < -0.4 is 10.2 Å². The number of aliphatic hydroxyl groups is 1. The summed E-state index contributed by atoms with van der Waals surface area (Å²) in [7, 11) is 0. The predicted octanol–water partition coefficient (Wildman–Crippen LogP) is 5.69. The van der Waals surface area contributed by atoms with Gasteiger partial charge in [-0.15, -0.1) is 13.2 Å². The van der Waals surface area contributed by atoms with Gasteiger partial charge in [0.15, 0.2) is 0 Å². The number of nitrogens with one attached hydrogen (secondary N) is 1. The van der Waals surface area contributed by atoms with E-state index < -0.39 is 66.3 Å². The molecule has 0 aliphatic carbocycles. The lowest BCUT2D eigenvalue weighted by atomic mass is 9.70. The number of aryl methyl sites for hydroxylation is 2. The number of carbonyl (C=O) groups excluding carboxylic acids is 4. The van der Waals surface area contributed by atoms with Crippen molar-refractivity contribution in [2.24, 2.45) is 11.8 Å². The normalized spacial score (nSPS) is 24.5. The number of ether oxygens (including phenoxy) is 2. The van der Waals surface area contributed by atoms with Crippen molar-refractivity contribution >= 4 is 29.4 Å². The van der Waals surface area contributed by atoms with Gasteiger partial charge in [0.25, 0.3) is 5.91 Å². The zero-order chi connectivity index (χ0) is 37.9. The highest BCUT2D eigenvalue weighted by Crippen LogP contribution is 2.60. The summed E-state index contributed by atoms with van der Waals surface area (Å²) in [4.78, 5) is 60.7. The third kappa shape index (κ3) is 6.93. The molecule has 0 aromatic heterocycles. The first-order valence-electron chi connectivity index (χ1n) is 18.4. The van der Waals surface area contributed by atoms with Gasteiger partial charge in [-0.1, -0.05) is 91.0 Å². The Morgan fingerprint density at radius 1 is 1.00 bits per heavy atom. The molecule has 3 fully saturated rings. The van der Waals surface area contributed by atoms with E-state index in [4.69, 9.17) is 9.47 Å². The zero-order valence-corrected chi connectivity index (χ0v) is 30.6. The molecule has 3 aromatic carbocycles. The van der Waals surface area contributed by atoms with E-state index in [1.54, 1.807) is 24.0 Å². The van der Waals surface area contributed by atoms with Gasteiger partial charge in [0.1, 0.15) is 17.7 Å². The average molecular weight is 720 g/mol. The van der Waals surface area contributed by atoms with Crippen LogP contribution in [0.4, 0.5) is 5.69 Å². The van der Waals surface area contributed by atoms with Crippen LogP contribution in [0.3, 0.4) is 0 Å². The van der Waals surface area contributed by atoms with Gasteiger partial charge in [0, 0.05) is 18.7 Å². The van der Waals surface area contributed by atoms with Crippen LogP contribution in [0.2, 0.25) is 0 Å². The van der Waals surface area contributed by atoms with Gasteiger partial charge in [-0.05, 0) is 62.3 Å². The second-order valence-electron chi connectivity index (χ2n) is 14.3. The number of esters is 1. The number of benzene rings is 3. The lowest BCUT2D eigenvalue weighted by molar-refractivity contribution is -0.162. The summed E-state index contributed by atoms with van der Waals surface area (Å²) >= 11 is 0. The van der Waals surface area contributed by atoms with Crippen LogP contribution in [0.1, 0.15) is 67.0 Å². The SMILES string of the molecule is C=CCCC(=O)N[C@H](C)[C@@H](OC(=O)[C@@H]1[C@H]2C(=O)N([C@H](CO)c3ccccc3)[C@H](C(=O)N(CC=C)c3c(C)cccc3C)[C@]23CC[C@H]1O3)c1ccccc1. The number of likely N-dealkylation sites (tertiary alicyclic amines) is 1. The Morgan fingerprint density at radius 3 is 2.25 bits per heavy atom. The molecule has 10 heteroatoms. The van der Waals surface area contributed by atoms with E-state index in [-0.39, 0.29) is 24.8 Å². The Hall–Kier alpha value is -5.06. The highest BCUT2D eigenvalue weighted by atomic mass is 16.6. The lowest BCUT2D eigenvalue weighted by Crippen LogP contribution is -2.57. The lowest BCUT2D eigenvalue weighted by Gasteiger charge is -2.40. The standard InChI is InChI=1S/C43H49N3O7/c1-6-8-22-34(48)44-29(5)38(31-20-13-10-14-21-31)52-42(51)35-33-23-24-43(53-33)36(35)40(49)46(32(26-47)30-18-11-9-12-19-30)39(43)41(50)45(25-7-2)37-27(3)16-15-17-28(37)4/h6-7,9-21,29,32-33,35-36,38-39,47H,1-2,8,22-26H2,3-5H3,(H,44,48)/t29-,32-,33-,35+,36+,38-,39-,43+/m1/s1. The summed E-state index contributed by atoms with van der Waals surface area (Å²) in [6, 6.07) is 21.4. The van der Waals surface area contributed by atoms with Gasteiger partial charge in [-0.3, -0.25) is 19.2 Å². The second kappa shape index (κ2) is 15.9. The molecule has 3 aromatic rings. The topological polar surface area (TPSA) is 125 Å². The van der Waals surface area contributed by atoms with Crippen molar-refractivity contribution < 1.29 is 33.8 Å². The molecule has 6 rings (SSSR count). The number of hydrogen-bond acceptors (Lipinski definition) is 7. The van der Waals surface area contributed by atoms with Gasteiger partial charge >= 0.3 is 5.97 Å². The van der Waals surface area contributed by atoms with Crippen LogP contribution >= 0.6 is 0 Å². The van der Waals surface area contributed by atoms with Crippen LogP contribution in [-0.2, 0) is 28.7 Å². The van der Waals surface area contributed by atoms with Gasteiger partial charge in [0.05, 0.1) is 36.6 Å². The Kier molecular flexibility index (Phi) is 11.3. The van der Waals surface area contributed by atoms with Crippen LogP contribution in [0.5, 0.6) is 0 Å². The minimum absolute atomic E-state index is 0.170. The first-order chi connectivity index (χ1) is 25.6. The Balaban J connectivity index is 1.41. The van der Waals surface area contributed by atoms with Crippen molar-refractivity contribution in [3.05, 3.63) is 126 Å². The number of anilines is 1. The molecule has 3 heterocycles. The average Bonchev–Trinajstić information content (AvgIpc) is 3.81. The number of hydrogen-bond donors (Lipinski definition) is 2. The van der Waals surface area contributed by atoms with Crippen molar-refractivity contribution in [3.8, 4) is 0 Å². The van der Waals surface area contributed by atoms with E-state index in [1.165, 1.54) is 4.90 Å². The molecule has 0 radical (unpaired) electrons. The molecule has 2 bridgehead atoms. The Bertz CT molecular complexity index is 1830. The fourth-order valence-corrected chi connectivity index (χ4v) is 8.74. The summed E-state index contributed by atoms with van der Waals surface area (Å²) in [6.07, 6.45) is 3.33. The highest BCUT2D eigenvalue weighted by Gasteiger charge is 2.76. The maximum absolute atomic E-state index is 15.2. The molecule has 3 aliphatic heterocycles. The Labute approximate surface area is 311 Å². The molecular formula is C43H49N3O7. The van der Waals surface area contributed by atoms with Crippen molar-refractivity contribution in [3.63, 3.8) is 0 Å². The first kappa shape index (κ1) is 37.7. The number of aliphatic hydroxyl groups excluding tert-OH is 1. The molecule has 10 nitrogen and oxygen atoms in total. The minimum atomic E-state index is -1.35. The molecule has 53 heavy (non-hydrogen) atoms. The first-order valence-corrected chi connectivity index (χ1v) is 18.4. The second-order valence-corrected chi connectivity index (χ2v) is 14.3. The summed E-state index contributed by atoms with van der Waals surface area (Å²) < 4.78 is 13.1. The maximum Gasteiger partial charge on any atom is 0.313 e. The van der Waals surface area contributed by atoms with Crippen LogP contribution in [0, 0.1) is 25.7 Å². The molecule has 3 saturated heterocycles. The predicted molar refractivity (Wildman–Crippen MR) is 201 cm³/mol. The van der Waals surface area contributed by atoms with Gasteiger partial charge in [-0.2, -0.15) is 0 Å². The molecule has 278 valence electrons. The quantitative estimate of drug-likeness (QED) is 0.153. The van der Waals surface area contributed by atoms with Crippen molar-refractivity contribution in [1.82, 2.24) is 10.2 Å². The van der Waals surface area contributed by atoms with Crippen LogP contribution in [-0.4, -0.2) is 70.6 Å². The molecule has 2 N–H and O–H groups in total. The number of nitrogens with zero attached hydrogens (tertiary/aromatic N) is 2. The summed E-state index contributed by atoms with van der Waals surface area (Å²) in [6.45, 7) is 13.0. The number of carbonyl (C=O) groups is 4. The molecule has 3 amide bonds. The van der Waals surface area contributed by atoms with E-state index in [1.807, 2.05) is 92.7 Å². The zero-order valence-electron chi connectivity index (χ0n) is 30.6. The molecule has 8 atom stereocenters. The molecular weight excluding hydrogens is 670 g/mol. The summed E-state index contributed by atoms with van der Waals surface area (Å²) in [5.41, 5.74) is 2.45. The van der Waals surface area contributed by atoms with E-state index in [0.29, 0.717) is 36.1 Å². The van der Waals surface area contributed by atoms with E-state index in [9.17, 15) is 14.7 Å². The number of para-hydroxylation sites is 1. The van der Waals surface area contributed by atoms with Crippen LogP contribution in [0.15, 0.2) is 104 Å². The van der Waals surface area contributed by atoms with E-state index >= 15 is 9.59 Å². The van der Waals surface area contributed by atoms with Crippen molar-refractivity contribution in [2.45, 2.75) is 82.4 Å². The maximum atomic E-state index is 15.2. The minimum Gasteiger partial charge on any atom is -0.455 e. The molecule has 0 unspecified atom stereocenters. The third-order valence-electron chi connectivity index (χ3n) is 11.0. The highest BCUT2D eigenvalue weighted by molar-refractivity contribution is 6.05. The number of amides is 3. The van der Waals surface area contributed by atoms with Crippen LogP contribution in [0.25, 0.3) is 0 Å². The monoisotopic (exact) mass is 719 g/mol. The van der Waals surface area contributed by atoms with Crippen molar-refractivity contribution in [1.29, 1.82) is 0 Å². The number of allylic oxidation sites excluding steroid dienone is 1. The van der Waals surface area contributed by atoms with E-state index in [0.717, 1.165) is 11.1 Å². The van der Waals surface area contributed by atoms with Gasteiger partial charge < -0.3 is 29.7 Å². The smallest absolute Gasteiger partial charge is 0.313 e. The van der Waals surface area contributed by atoms with Crippen molar-refractivity contribution in [2.75, 3.05) is 18.1 Å². The molecule has 3 aliphatic rings.